The van der Waals surface area contributed by atoms with Gasteiger partial charge in [0.1, 0.15) is 98.7 Å². The van der Waals surface area contributed by atoms with Crippen LogP contribution in [0.4, 0.5) is 0 Å². The Morgan fingerprint density at radius 1 is 0.392 bits per heavy atom. The standard InChI is InChI=1S/C72H133O24P/c1-4-7-10-13-16-19-22-25-28-31-34-37-40-43-46-56(74)88-50-53(91-58(76)48-45-42-39-36-33-30-27-24-21-18-15-12-9-6-3)51-90-97(86,87)96-70-68(94-71-66(84)61(79)59(77)54(49-73)92-71)64(82)63(81)65(83)69(70)95-72-67(85)62(80)60(78)55(93-72)52-89-57(75)47-44-41-38-35-32-29-26-23-20-17-14-11-8-5-2/h30,33,53-55,59-73,77-85H,4-29,31-32,34-52H2,1-3H3,(H,86,87)/b33-30-. The van der Waals surface area contributed by atoms with Gasteiger partial charge in [-0.1, -0.05) is 245 Å². The predicted molar refractivity (Wildman–Crippen MR) is 365 cm³/mol. The van der Waals surface area contributed by atoms with Gasteiger partial charge in [-0.2, -0.15) is 0 Å². The van der Waals surface area contributed by atoms with Crippen molar-refractivity contribution in [3.8, 4) is 0 Å². The van der Waals surface area contributed by atoms with Crippen LogP contribution in [-0.2, 0) is 61.2 Å². The van der Waals surface area contributed by atoms with E-state index in [9.17, 15) is 74.9 Å². The molecule has 1 saturated carbocycles. The van der Waals surface area contributed by atoms with Crippen LogP contribution in [0.1, 0.15) is 297 Å². The number of phosphoric ester groups is 1. The summed E-state index contributed by atoms with van der Waals surface area (Å²) >= 11 is 0. The van der Waals surface area contributed by atoms with Crippen LogP contribution in [0.15, 0.2) is 12.2 Å². The molecule has 0 bridgehead atoms. The molecule has 2 saturated heterocycles. The molecule has 2 aliphatic heterocycles. The number of rotatable bonds is 59. The Morgan fingerprint density at radius 3 is 1.12 bits per heavy atom. The molecule has 3 rings (SSSR count). The van der Waals surface area contributed by atoms with Crippen LogP contribution in [0.2, 0.25) is 0 Å². The van der Waals surface area contributed by atoms with E-state index in [1.807, 2.05) is 0 Å². The maximum Gasteiger partial charge on any atom is 0.472 e. The van der Waals surface area contributed by atoms with Crippen molar-refractivity contribution >= 4 is 25.7 Å². The molecule has 0 radical (unpaired) electrons. The molecule has 97 heavy (non-hydrogen) atoms. The minimum Gasteiger partial charge on any atom is -0.463 e. The molecular weight excluding hydrogens is 1280 g/mol. The van der Waals surface area contributed by atoms with Gasteiger partial charge >= 0.3 is 25.7 Å². The SMILES string of the molecule is CCCCCCCCC/C=C\CCCCCC(=O)OC(COC(=O)CCCCCCCCCCCCCCCC)COP(=O)(O)OC1C(OC2OC(CO)C(O)C(O)C2O)C(O)C(O)C(O)C1OC1OC(COC(=O)CCCCCCCCCCCCCCCC)C(O)C(O)C1O. The van der Waals surface area contributed by atoms with Crippen LogP contribution in [0.3, 0.4) is 0 Å². The number of phosphoric acid groups is 1. The normalized spacial score (nSPS) is 27.8. The van der Waals surface area contributed by atoms with E-state index < -0.39 is 156 Å². The van der Waals surface area contributed by atoms with Crippen LogP contribution < -0.4 is 0 Å². The van der Waals surface area contributed by atoms with Crippen LogP contribution in [0.25, 0.3) is 0 Å². The van der Waals surface area contributed by atoms with Crippen molar-refractivity contribution in [2.24, 2.45) is 0 Å². The van der Waals surface area contributed by atoms with Crippen molar-refractivity contribution in [1.82, 2.24) is 0 Å². The van der Waals surface area contributed by atoms with E-state index in [2.05, 4.69) is 32.9 Å². The Bertz CT molecular complexity index is 2060. The largest absolute Gasteiger partial charge is 0.472 e. The van der Waals surface area contributed by atoms with Gasteiger partial charge in [0.2, 0.25) is 0 Å². The Morgan fingerprint density at radius 2 is 0.722 bits per heavy atom. The zero-order chi connectivity index (χ0) is 71.1. The summed E-state index contributed by atoms with van der Waals surface area (Å²) in [4.78, 5) is 51.0. The number of esters is 3. The summed E-state index contributed by atoms with van der Waals surface area (Å²) < 4.78 is 65.0. The minimum atomic E-state index is -5.70. The topological polar surface area (TPSA) is 374 Å². The molecule has 0 aromatic rings. The van der Waals surface area contributed by atoms with E-state index in [0.717, 1.165) is 89.9 Å². The summed E-state index contributed by atoms with van der Waals surface area (Å²) in [5.41, 5.74) is 0. The molecule has 3 fully saturated rings. The molecule has 18 unspecified atom stereocenters. The van der Waals surface area contributed by atoms with E-state index in [4.69, 9.17) is 42.2 Å². The monoisotopic (exact) mass is 1410 g/mol. The fourth-order valence-corrected chi connectivity index (χ4v) is 13.5. The molecule has 11 N–H and O–H groups in total. The van der Waals surface area contributed by atoms with Gasteiger partial charge in [-0.05, 0) is 44.9 Å². The van der Waals surface area contributed by atoms with E-state index in [0.29, 0.717) is 25.7 Å². The van der Waals surface area contributed by atoms with Crippen molar-refractivity contribution in [3.63, 3.8) is 0 Å². The zero-order valence-electron chi connectivity index (χ0n) is 59.4. The first kappa shape index (κ1) is 88.9. The number of allylic oxidation sites excluding steroid dienone is 2. The number of aliphatic hydroxyl groups is 10. The fraction of sp³-hybridized carbons (Fsp3) is 0.931. The van der Waals surface area contributed by atoms with Gasteiger partial charge in [0.05, 0.1) is 13.2 Å². The number of hydrogen-bond acceptors (Lipinski definition) is 23. The maximum atomic E-state index is 14.3. The molecule has 3 aliphatic rings. The van der Waals surface area contributed by atoms with Gasteiger partial charge in [-0.15, -0.1) is 0 Å². The zero-order valence-corrected chi connectivity index (χ0v) is 60.3. The van der Waals surface area contributed by atoms with E-state index in [-0.39, 0.29) is 19.3 Å². The first-order chi connectivity index (χ1) is 46.8. The Labute approximate surface area is 580 Å². The Kier molecular flexibility index (Phi) is 49.8. The second-order valence-corrected chi connectivity index (χ2v) is 28.8. The predicted octanol–water partition coefficient (Wildman–Crippen LogP) is 10.4. The molecule has 2 heterocycles. The Hall–Kier alpha value is -2.30. The lowest BCUT2D eigenvalue weighted by Gasteiger charge is -2.49. The molecule has 0 spiro atoms. The highest BCUT2D eigenvalue weighted by Crippen LogP contribution is 2.49. The first-order valence-electron chi connectivity index (χ1n) is 38.0. The fourth-order valence-electron chi connectivity index (χ4n) is 12.6. The molecule has 570 valence electrons. The smallest absolute Gasteiger partial charge is 0.463 e. The molecular formula is C72H133O24P. The lowest BCUT2D eigenvalue weighted by atomic mass is 9.84. The maximum absolute atomic E-state index is 14.3. The van der Waals surface area contributed by atoms with Crippen molar-refractivity contribution in [2.75, 3.05) is 26.4 Å². The third-order valence-corrected chi connectivity index (χ3v) is 19.8. The summed E-state index contributed by atoms with van der Waals surface area (Å²) in [5.74, 6) is -2.00. The second-order valence-electron chi connectivity index (χ2n) is 27.4. The van der Waals surface area contributed by atoms with Crippen LogP contribution in [-0.4, -0.2) is 204 Å². The summed E-state index contributed by atoms with van der Waals surface area (Å²) in [7, 11) is -5.70. The average Bonchev–Trinajstić information content (AvgIpc) is 0.764. The number of carbonyl (C=O) groups is 3. The highest BCUT2D eigenvalue weighted by atomic mass is 31.2. The van der Waals surface area contributed by atoms with Gasteiger partial charge in [-0.25, -0.2) is 4.57 Å². The van der Waals surface area contributed by atoms with Gasteiger partial charge in [0.15, 0.2) is 18.7 Å². The number of unbranched alkanes of at least 4 members (excludes halogenated alkanes) is 36. The number of carbonyl (C=O) groups excluding carboxylic acids is 3. The summed E-state index contributed by atoms with van der Waals surface area (Å²) in [6, 6.07) is 0. The molecule has 0 aromatic heterocycles. The average molecular weight is 1410 g/mol. The lowest BCUT2D eigenvalue weighted by molar-refractivity contribution is -0.360. The van der Waals surface area contributed by atoms with Gasteiger partial charge in [0.25, 0.3) is 0 Å². The second kappa shape index (κ2) is 54.4. The van der Waals surface area contributed by atoms with Crippen molar-refractivity contribution < 1.29 is 117 Å². The lowest BCUT2D eigenvalue weighted by Crippen LogP contribution is -2.69. The van der Waals surface area contributed by atoms with Crippen LogP contribution in [0.5, 0.6) is 0 Å². The minimum absolute atomic E-state index is 0.0319. The highest BCUT2D eigenvalue weighted by Gasteiger charge is 2.58. The summed E-state index contributed by atoms with van der Waals surface area (Å²) in [6.45, 7) is 3.44. The van der Waals surface area contributed by atoms with Gasteiger partial charge < -0.3 is 89.1 Å². The summed E-state index contributed by atoms with van der Waals surface area (Å²) in [6.07, 6.45) is 12.8. The van der Waals surface area contributed by atoms with E-state index in [1.54, 1.807) is 0 Å². The van der Waals surface area contributed by atoms with Gasteiger partial charge in [0, 0.05) is 19.3 Å². The highest BCUT2D eigenvalue weighted by molar-refractivity contribution is 7.47. The molecule has 25 heteroatoms. The number of ether oxygens (including phenoxy) is 7. The molecule has 0 aromatic carbocycles. The first-order valence-corrected chi connectivity index (χ1v) is 39.5. The number of aliphatic hydroxyl groups excluding tert-OH is 10. The molecule has 18 atom stereocenters. The van der Waals surface area contributed by atoms with E-state index >= 15 is 0 Å². The Balaban J connectivity index is 1.74. The number of hydrogen-bond donors (Lipinski definition) is 11. The molecule has 24 nitrogen and oxygen atoms in total. The summed E-state index contributed by atoms with van der Waals surface area (Å²) in [5, 5.41) is 110. The van der Waals surface area contributed by atoms with Gasteiger partial charge in [-0.3, -0.25) is 23.4 Å². The third-order valence-electron chi connectivity index (χ3n) is 18.8. The van der Waals surface area contributed by atoms with Crippen LogP contribution in [0, 0.1) is 0 Å². The molecule has 0 amide bonds. The van der Waals surface area contributed by atoms with Crippen molar-refractivity contribution in [3.05, 3.63) is 12.2 Å². The quantitative estimate of drug-likeness (QED) is 0.00886. The van der Waals surface area contributed by atoms with Crippen LogP contribution >= 0.6 is 7.82 Å². The van der Waals surface area contributed by atoms with E-state index in [1.165, 1.54) is 141 Å². The molecule has 1 aliphatic carbocycles. The third kappa shape index (κ3) is 37.6. The van der Waals surface area contributed by atoms with Crippen molar-refractivity contribution in [1.29, 1.82) is 0 Å². The van der Waals surface area contributed by atoms with Crippen molar-refractivity contribution in [2.45, 2.75) is 401 Å².